The summed E-state index contributed by atoms with van der Waals surface area (Å²) in [5.41, 5.74) is 4.77. The summed E-state index contributed by atoms with van der Waals surface area (Å²) >= 11 is 7.28. The molecule has 0 spiro atoms. The van der Waals surface area contributed by atoms with Crippen molar-refractivity contribution in [3.8, 4) is 5.69 Å². The molecule has 2 aliphatic heterocycles. The van der Waals surface area contributed by atoms with Crippen molar-refractivity contribution in [2.24, 2.45) is 10.1 Å². The van der Waals surface area contributed by atoms with Gasteiger partial charge < -0.3 is 4.57 Å². The monoisotopic (exact) mass is 460 g/mol. The van der Waals surface area contributed by atoms with E-state index in [4.69, 9.17) is 17.0 Å². The molecule has 3 aromatic rings. The molecule has 7 nitrogen and oxygen atoms in total. The van der Waals surface area contributed by atoms with Crippen molar-refractivity contribution < 1.29 is 4.79 Å². The van der Waals surface area contributed by atoms with Gasteiger partial charge in [0.2, 0.25) is 5.17 Å². The maximum atomic E-state index is 12.8. The lowest BCUT2D eigenvalue weighted by atomic mass is 10.1. The van der Waals surface area contributed by atoms with Crippen molar-refractivity contribution in [1.82, 2.24) is 14.6 Å². The number of pyridine rings is 1. The number of hydrogen-bond donors (Lipinski definition) is 1. The smallest absolute Gasteiger partial charge is 0.283 e. The summed E-state index contributed by atoms with van der Waals surface area (Å²) in [6.07, 6.45) is 5.09. The van der Waals surface area contributed by atoms with Crippen LogP contribution in [0.25, 0.3) is 11.8 Å². The zero-order valence-corrected chi connectivity index (χ0v) is 18.8. The van der Waals surface area contributed by atoms with E-state index in [1.54, 1.807) is 18.5 Å². The van der Waals surface area contributed by atoms with Crippen LogP contribution in [-0.4, -0.2) is 36.5 Å². The lowest BCUT2D eigenvalue weighted by Crippen LogP contribution is -2.35. The minimum Gasteiger partial charge on any atom is -0.318 e. The highest BCUT2D eigenvalue weighted by Crippen LogP contribution is 2.31. The minimum absolute atomic E-state index is 0.00249. The average molecular weight is 461 g/mol. The summed E-state index contributed by atoms with van der Waals surface area (Å²) in [6.45, 7) is 3.97. The molecule has 0 saturated carbocycles. The molecule has 0 atom stereocenters. The lowest BCUT2D eigenvalue weighted by molar-refractivity contribution is -0.114. The van der Waals surface area contributed by atoms with Gasteiger partial charge in [0, 0.05) is 40.1 Å². The number of halogens is 1. The Balaban J connectivity index is 1.51. The molecule has 158 valence electrons. The van der Waals surface area contributed by atoms with Crippen molar-refractivity contribution in [1.29, 1.82) is 5.41 Å². The Kier molecular flexibility index (Phi) is 5.03. The third kappa shape index (κ3) is 3.47. The van der Waals surface area contributed by atoms with Crippen LogP contribution in [0.2, 0.25) is 5.02 Å². The number of nitrogens with zero attached hydrogens (tertiary/aromatic N) is 5. The fourth-order valence-electron chi connectivity index (χ4n) is 3.67. The van der Waals surface area contributed by atoms with E-state index in [-0.39, 0.29) is 11.4 Å². The summed E-state index contributed by atoms with van der Waals surface area (Å²) < 4.78 is 2.08. The standard InChI is InChI=1S/C23H17ClN6OS/c1-13-10-16(14(2)29(13)18-7-5-17(24)6-8-18)11-19-20(25)30-23(27-21(19)31)32-22(28-30)15-4-3-9-26-12-15/h3-12,25H,1-2H3/b19-11+,25-20?. The number of nitrogens with one attached hydrogen (secondary N) is 1. The van der Waals surface area contributed by atoms with Gasteiger partial charge in [-0.3, -0.25) is 15.2 Å². The van der Waals surface area contributed by atoms with Gasteiger partial charge in [-0.2, -0.15) is 15.1 Å². The summed E-state index contributed by atoms with van der Waals surface area (Å²) in [6, 6.07) is 13.3. The van der Waals surface area contributed by atoms with Gasteiger partial charge in [-0.1, -0.05) is 11.6 Å². The van der Waals surface area contributed by atoms with Gasteiger partial charge in [0.25, 0.3) is 5.91 Å². The number of fused-ring (bicyclic) bond motifs is 1. The Morgan fingerprint density at radius 3 is 2.66 bits per heavy atom. The first-order chi connectivity index (χ1) is 15.4. The highest BCUT2D eigenvalue weighted by Gasteiger charge is 2.36. The topological polar surface area (TPSA) is 86.7 Å². The van der Waals surface area contributed by atoms with Gasteiger partial charge in [0.1, 0.15) is 5.04 Å². The number of carbonyl (C=O) groups is 1. The molecule has 0 bridgehead atoms. The molecule has 0 fully saturated rings. The van der Waals surface area contributed by atoms with Crippen molar-refractivity contribution in [3.05, 3.63) is 88.0 Å². The maximum Gasteiger partial charge on any atom is 0.283 e. The lowest BCUT2D eigenvalue weighted by Gasteiger charge is -2.20. The first-order valence-corrected chi connectivity index (χ1v) is 11.0. The van der Waals surface area contributed by atoms with Gasteiger partial charge in [0.15, 0.2) is 5.84 Å². The van der Waals surface area contributed by atoms with Crippen LogP contribution in [0.4, 0.5) is 0 Å². The Morgan fingerprint density at radius 2 is 1.94 bits per heavy atom. The molecular formula is C23H17ClN6OS. The van der Waals surface area contributed by atoms with E-state index in [2.05, 4.69) is 19.6 Å². The van der Waals surface area contributed by atoms with Gasteiger partial charge >= 0.3 is 0 Å². The van der Waals surface area contributed by atoms with Crippen molar-refractivity contribution in [2.75, 3.05) is 0 Å². The molecule has 0 aliphatic carbocycles. The number of rotatable bonds is 3. The first-order valence-electron chi connectivity index (χ1n) is 9.78. The van der Waals surface area contributed by atoms with Crippen LogP contribution < -0.4 is 0 Å². The van der Waals surface area contributed by atoms with Crippen molar-refractivity contribution >= 4 is 51.4 Å². The molecule has 9 heteroatoms. The van der Waals surface area contributed by atoms with Crippen LogP contribution >= 0.6 is 23.4 Å². The average Bonchev–Trinajstić information content (AvgIpc) is 3.33. The van der Waals surface area contributed by atoms with E-state index >= 15 is 0 Å². The van der Waals surface area contributed by atoms with Crippen LogP contribution in [0.1, 0.15) is 22.5 Å². The number of carbonyl (C=O) groups excluding carboxylic acids is 1. The maximum absolute atomic E-state index is 12.8. The molecule has 1 amide bonds. The summed E-state index contributed by atoms with van der Waals surface area (Å²) in [7, 11) is 0. The number of hydrogen-bond acceptors (Lipinski definition) is 5. The number of aliphatic imine (C=N–C) groups is 1. The zero-order valence-electron chi connectivity index (χ0n) is 17.2. The number of amidine groups is 2. The molecule has 0 saturated heterocycles. The van der Waals surface area contributed by atoms with Gasteiger partial charge in [-0.05, 0) is 79.7 Å². The molecular weight excluding hydrogens is 444 g/mol. The Morgan fingerprint density at radius 1 is 1.16 bits per heavy atom. The summed E-state index contributed by atoms with van der Waals surface area (Å²) in [4.78, 5) is 21.1. The van der Waals surface area contributed by atoms with E-state index in [9.17, 15) is 4.79 Å². The second-order valence-corrected chi connectivity index (χ2v) is 8.70. The van der Waals surface area contributed by atoms with Crippen molar-refractivity contribution in [2.45, 2.75) is 13.8 Å². The predicted octanol–water partition coefficient (Wildman–Crippen LogP) is 4.81. The molecule has 2 aliphatic rings. The van der Waals surface area contributed by atoms with E-state index in [0.29, 0.717) is 15.2 Å². The number of thioether (sulfide) groups is 1. The van der Waals surface area contributed by atoms with Crippen LogP contribution in [0.5, 0.6) is 0 Å². The second-order valence-electron chi connectivity index (χ2n) is 7.31. The van der Waals surface area contributed by atoms with Crippen LogP contribution in [-0.2, 0) is 4.79 Å². The van der Waals surface area contributed by atoms with Gasteiger partial charge in [0.05, 0.1) is 5.57 Å². The number of hydrazone groups is 1. The quantitative estimate of drug-likeness (QED) is 0.568. The van der Waals surface area contributed by atoms with E-state index in [1.807, 2.05) is 56.3 Å². The van der Waals surface area contributed by atoms with Crippen LogP contribution in [0.15, 0.2) is 70.5 Å². The Bertz CT molecular complexity index is 1360. The van der Waals surface area contributed by atoms with Crippen LogP contribution in [0.3, 0.4) is 0 Å². The second kappa shape index (κ2) is 7.89. The molecule has 0 radical (unpaired) electrons. The first kappa shape index (κ1) is 20.4. The molecule has 1 aromatic carbocycles. The van der Waals surface area contributed by atoms with E-state index in [1.165, 1.54) is 16.8 Å². The number of aryl methyl sites for hydroxylation is 1. The molecule has 5 rings (SSSR count). The Hall–Kier alpha value is -3.49. The molecule has 32 heavy (non-hydrogen) atoms. The highest BCUT2D eigenvalue weighted by molar-refractivity contribution is 8.27. The third-order valence-electron chi connectivity index (χ3n) is 5.22. The fraction of sp³-hybridized carbons (Fsp3) is 0.0870. The number of amides is 1. The molecule has 4 heterocycles. The summed E-state index contributed by atoms with van der Waals surface area (Å²) in [5.74, 6) is -0.449. The Labute approximate surface area is 193 Å². The van der Waals surface area contributed by atoms with E-state index in [0.717, 1.165) is 28.2 Å². The highest BCUT2D eigenvalue weighted by atomic mass is 35.5. The number of aromatic nitrogens is 2. The third-order valence-corrected chi connectivity index (χ3v) is 6.43. The van der Waals surface area contributed by atoms with Crippen molar-refractivity contribution in [3.63, 3.8) is 0 Å². The molecule has 2 aromatic heterocycles. The normalized spacial score (nSPS) is 17.0. The SMILES string of the molecule is Cc1cc(/C=C2\C(=N)N3N=C(c4cccnc4)SC3=NC2=O)c(C)n1-c1ccc(Cl)cc1. The molecule has 0 unspecified atom stereocenters. The minimum atomic E-state index is -0.451. The predicted molar refractivity (Wildman–Crippen MR) is 129 cm³/mol. The largest absolute Gasteiger partial charge is 0.318 e. The summed E-state index contributed by atoms with van der Waals surface area (Å²) in [5, 5.41) is 16.2. The fourth-order valence-corrected chi connectivity index (χ4v) is 4.68. The number of benzene rings is 1. The van der Waals surface area contributed by atoms with Crippen LogP contribution in [0, 0.1) is 19.3 Å². The van der Waals surface area contributed by atoms with E-state index < -0.39 is 5.91 Å². The molecule has 1 N–H and O–H groups in total. The van der Waals surface area contributed by atoms with Gasteiger partial charge in [-0.15, -0.1) is 0 Å². The van der Waals surface area contributed by atoms with Gasteiger partial charge in [-0.25, -0.2) is 0 Å². The zero-order chi connectivity index (χ0) is 22.4.